The van der Waals surface area contributed by atoms with E-state index in [1.807, 2.05) is 55.4 Å². The van der Waals surface area contributed by atoms with E-state index in [-0.39, 0.29) is 15.9 Å². The van der Waals surface area contributed by atoms with E-state index in [4.69, 9.17) is 0 Å². The first-order chi connectivity index (χ1) is 14.4. The van der Waals surface area contributed by atoms with Crippen LogP contribution in [0.3, 0.4) is 0 Å². The summed E-state index contributed by atoms with van der Waals surface area (Å²) in [6.07, 6.45) is 0. The first-order valence-electron chi connectivity index (χ1n) is 9.85. The van der Waals surface area contributed by atoms with Gasteiger partial charge in [0.15, 0.2) is 0 Å². The van der Waals surface area contributed by atoms with Gasteiger partial charge in [0, 0.05) is 0 Å². The molecule has 0 radical (unpaired) electrons. The van der Waals surface area contributed by atoms with Gasteiger partial charge in [-0.25, -0.2) is 0 Å². The van der Waals surface area contributed by atoms with Crippen LogP contribution in [0.4, 0.5) is 14.1 Å². The fourth-order valence-corrected chi connectivity index (χ4v) is 7.15. The number of benzene rings is 4. The van der Waals surface area contributed by atoms with E-state index >= 15 is 8.39 Å². The van der Waals surface area contributed by atoms with Crippen LogP contribution in [0.5, 0.6) is 0 Å². The molecule has 0 aliphatic rings. The van der Waals surface area contributed by atoms with E-state index in [0.29, 0.717) is 5.56 Å². The van der Waals surface area contributed by atoms with Crippen LogP contribution in [0.2, 0.25) is 0 Å². The third kappa shape index (κ3) is 3.20. The molecule has 4 rings (SSSR count). The molecule has 0 aromatic heterocycles. The van der Waals surface area contributed by atoms with Crippen LogP contribution in [-0.4, -0.2) is 14.1 Å². The minimum atomic E-state index is -5.69. The molecule has 0 atom stereocenters. The topological polar surface area (TPSA) is 3.24 Å². The molecule has 0 unspecified atom stereocenters. The molecule has 0 spiro atoms. The van der Waals surface area contributed by atoms with Crippen LogP contribution in [0.1, 0.15) is 0 Å². The summed E-state index contributed by atoms with van der Waals surface area (Å²) in [7, 11) is -1.83. The molecule has 4 aromatic carbocycles. The Labute approximate surface area is 176 Å². The SMILES string of the molecule is CN(C)c1ccccc1-c1ccccc1P(F)(F)(c1ccccc1)c1ccccc1. The van der Waals surface area contributed by atoms with Gasteiger partial charge in [-0.15, -0.1) is 0 Å². The zero-order valence-electron chi connectivity index (χ0n) is 17.0. The van der Waals surface area contributed by atoms with Crippen molar-refractivity contribution in [3.63, 3.8) is 0 Å². The van der Waals surface area contributed by atoms with Gasteiger partial charge in [0.1, 0.15) is 0 Å². The summed E-state index contributed by atoms with van der Waals surface area (Å²) in [5.74, 6) is 0. The zero-order chi connectivity index (χ0) is 21.2. The molecule has 0 bridgehead atoms. The van der Waals surface area contributed by atoms with E-state index in [2.05, 4.69) is 0 Å². The number of nitrogens with zero attached hydrogens (tertiary/aromatic N) is 1. The summed E-state index contributed by atoms with van der Waals surface area (Å²) >= 11 is 0. The molecule has 0 saturated carbocycles. The van der Waals surface area contributed by atoms with Crippen LogP contribution < -0.4 is 20.8 Å². The van der Waals surface area contributed by atoms with Crippen molar-refractivity contribution in [1.82, 2.24) is 0 Å². The predicted molar refractivity (Wildman–Crippen MR) is 127 cm³/mol. The van der Waals surface area contributed by atoms with Crippen molar-refractivity contribution in [2.75, 3.05) is 19.0 Å². The van der Waals surface area contributed by atoms with Crippen LogP contribution in [0, 0.1) is 0 Å². The van der Waals surface area contributed by atoms with E-state index in [1.54, 1.807) is 72.8 Å². The maximum atomic E-state index is 17.4. The summed E-state index contributed by atoms with van der Waals surface area (Å²) in [4.78, 5) is 1.96. The second-order valence-electron chi connectivity index (χ2n) is 7.51. The number of hydrogen-bond donors (Lipinski definition) is 0. The summed E-state index contributed by atoms with van der Waals surface area (Å²) < 4.78 is 34.8. The normalized spacial score (nSPS) is 12.7. The summed E-state index contributed by atoms with van der Waals surface area (Å²) in [5, 5.41) is 0.240. The van der Waals surface area contributed by atoms with Gasteiger partial charge in [-0.3, -0.25) is 0 Å². The molecule has 30 heavy (non-hydrogen) atoms. The second kappa shape index (κ2) is 7.66. The van der Waals surface area contributed by atoms with Crippen LogP contribution in [-0.2, 0) is 0 Å². The number of anilines is 1. The fraction of sp³-hybridized carbons (Fsp3) is 0.0769. The Hall–Kier alpha value is -3.03. The zero-order valence-corrected chi connectivity index (χ0v) is 17.9. The van der Waals surface area contributed by atoms with Crippen molar-refractivity contribution in [2.24, 2.45) is 0 Å². The summed E-state index contributed by atoms with van der Waals surface area (Å²) in [6.45, 7) is 0. The van der Waals surface area contributed by atoms with Gasteiger partial charge < -0.3 is 0 Å². The maximum absolute atomic E-state index is 17.4. The Morgan fingerprint density at radius 1 is 0.533 bits per heavy atom. The minimum absolute atomic E-state index is 0.0736. The Morgan fingerprint density at radius 3 is 1.50 bits per heavy atom. The molecule has 0 fully saturated rings. The summed E-state index contributed by atoms with van der Waals surface area (Å²) in [5.41, 5.74) is 2.27. The number of rotatable bonds is 5. The molecule has 0 amide bonds. The quantitative estimate of drug-likeness (QED) is 0.358. The molecule has 0 N–H and O–H groups in total. The fourth-order valence-electron chi connectivity index (χ4n) is 3.94. The molecule has 0 saturated heterocycles. The summed E-state index contributed by atoms with van der Waals surface area (Å²) in [6, 6.07) is 31.2. The van der Waals surface area contributed by atoms with Crippen LogP contribution >= 0.6 is 7.22 Å². The van der Waals surface area contributed by atoms with Gasteiger partial charge in [-0.1, -0.05) is 0 Å². The Kier molecular flexibility index (Phi) is 5.17. The average Bonchev–Trinajstić information content (AvgIpc) is 2.80. The molecule has 0 heterocycles. The van der Waals surface area contributed by atoms with Gasteiger partial charge in [0.25, 0.3) is 0 Å². The number of halogens is 2. The van der Waals surface area contributed by atoms with E-state index in [1.165, 1.54) is 0 Å². The van der Waals surface area contributed by atoms with Crippen LogP contribution in [0.25, 0.3) is 11.1 Å². The molecule has 152 valence electrons. The van der Waals surface area contributed by atoms with Crippen molar-refractivity contribution in [3.8, 4) is 11.1 Å². The number of hydrogen-bond acceptors (Lipinski definition) is 1. The Bertz CT molecular complexity index is 1110. The van der Waals surface area contributed by atoms with E-state index in [9.17, 15) is 0 Å². The first kappa shape index (κ1) is 20.3. The van der Waals surface area contributed by atoms with E-state index in [0.717, 1.165) is 11.3 Å². The third-order valence-corrected chi connectivity index (χ3v) is 9.07. The van der Waals surface area contributed by atoms with Crippen molar-refractivity contribution < 1.29 is 8.39 Å². The third-order valence-electron chi connectivity index (χ3n) is 5.42. The first-order valence-corrected chi connectivity index (χ1v) is 11.9. The average molecular weight is 419 g/mol. The molecule has 0 aliphatic carbocycles. The van der Waals surface area contributed by atoms with E-state index < -0.39 is 7.22 Å². The van der Waals surface area contributed by atoms with Gasteiger partial charge in [0.05, 0.1) is 0 Å². The van der Waals surface area contributed by atoms with Gasteiger partial charge in [0.2, 0.25) is 0 Å². The molecule has 4 heteroatoms. The Balaban J connectivity index is 2.10. The molecule has 0 aliphatic heterocycles. The van der Waals surface area contributed by atoms with Crippen molar-refractivity contribution in [1.29, 1.82) is 0 Å². The number of para-hydroxylation sites is 1. The van der Waals surface area contributed by atoms with Crippen molar-refractivity contribution >= 4 is 28.8 Å². The monoisotopic (exact) mass is 419 g/mol. The molecule has 4 aromatic rings. The van der Waals surface area contributed by atoms with Gasteiger partial charge in [-0.05, 0) is 0 Å². The molecular weight excluding hydrogens is 395 g/mol. The standard InChI is InChI=1S/C26H24F2NP/c1-29(2)25-19-11-9-17-23(25)24-18-10-12-20-26(24)30(27,28,21-13-5-3-6-14-21)22-15-7-4-8-16-22/h3-20H,1-2H3. The van der Waals surface area contributed by atoms with Crippen molar-refractivity contribution in [3.05, 3.63) is 109 Å². The van der Waals surface area contributed by atoms with Gasteiger partial charge >= 0.3 is 177 Å². The second-order valence-corrected chi connectivity index (χ2v) is 10.8. The van der Waals surface area contributed by atoms with Crippen molar-refractivity contribution in [2.45, 2.75) is 0 Å². The van der Waals surface area contributed by atoms with Gasteiger partial charge in [-0.2, -0.15) is 0 Å². The Morgan fingerprint density at radius 2 is 0.967 bits per heavy atom. The predicted octanol–water partition coefficient (Wildman–Crippen LogP) is 6.02. The molecular formula is C26H24F2NP. The van der Waals surface area contributed by atoms with Crippen LogP contribution in [0.15, 0.2) is 109 Å². The molecule has 1 nitrogen and oxygen atoms in total.